The number of sulfone groups is 1. The molecule has 0 unspecified atom stereocenters. The molecule has 2 heterocycles. The van der Waals surface area contributed by atoms with Gasteiger partial charge in [0.05, 0.1) is 28.6 Å². The standard InChI is InChI=1S/C17H19N7O4S.5H2/c1-9(2)29(26,27)11-5-3-10(4-6-11)12-8-20-15(19)14(21-12)16-23-24-17(28-16)22-13(25)7-18;;;;;/h3-6,8-9H,7,18H2,1-2H3,(H2,19,20)(H,22,24,25);5*1H. The molecular weight excluding hydrogens is 398 g/mol. The van der Waals surface area contributed by atoms with Gasteiger partial charge in [-0.15, -0.1) is 5.10 Å². The zero-order chi connectivity index (χ0) is 21.2. The van der Waals surface area contributed by atoms with Gasteiger partial charge in [-0.05, 0) is 26.0 Å². The molecule has 0 aliphatic rings. The number of nitrogens with one attached hydrogen (secondary N) is 1. The fourth-order valence-electron chi connectivity index (χ4n) is 2.32. The highest BCUT2D eigenvalue weighted by Gasteiger charge is 2.20. The van der Waals surface area contributed by atoms with Gasteiger partial charge in [0.1, 0.15) is 0 Å². The summed E-state index contributed by atoms with van der Waals surface area (Å²) in [5.74, 6) is -0.485. The molecule has 1 amide bonds. The lowest BCUT2D eigenvalue weighted by Crippen LogP contribution is -2.21. The Kier molecular flexibility index (Phi) is 5.57. The molecule has 162 valence electrons. The van der Waals surface area contributed by atoms with Gasteiger partial charge < -0.3 is 15.9 Å². The van der Waals surface area contributed by atoms with Gasteiger partial charge in [0.25, 0.3) is 5.89 Å². The Hall–Kier alpha value is -3.38. The van der Waals surface area contributed by atoms with E-state index in [9.17, 15) is 13.2 Å². The molecule has 0 saturated heterocycles. The van der Waals surface area contributed by atoms with E-state index in [4.69, 9.17) is 15.9 Å². The van der Waals surface area contributed by atoms with Gasteiger partial charge in [-0.1, -0.05) is 17.2 Å². The lowest BCUT2D eigenvalue weighted by Gasteiger charge is -2.09. The lowest BCUT2D eigenvalue weighted by molar-refractivity contribution is -0.115. The maximum absolute atomic E-state index is 12.3. The van der Waals surface area contributed by atoms with Crippen molar-refractivity contribution in [1.82, 2.24) is 20.2 Å². The number of nitrogen functional groups attached to an aromatic ring is 1. The first-order valence-electron chi connectivity index (χ1n) is 8.53. The van der Waals surface area contributed by atoms with E-state index in [1.807, 2.05) is 0 Å². The van der Waals surface area contributed by atoms with Crippen LogP contribution in [0.4, 0.5) is 11.8 Å². The molecule has 2 aromatic heterocycles. The second-order valence-electron chi connectivity index (χ2n) is 6.27. The third-order valence-electron chi connectivity index (χ3n) is 3.96. The van der Waals surface area contributed by atoms with Gasteiger partial charge in [0.15, 0.2) is 21.3 Å². The smallest absolute Gasteiger partial charge is 0.322 e. The summed E-state index contributed by atoms with van der Waals surface area (Å²) in [5.41, 5.74) is 12.3. The number of nitrogens with zero attached hydrogens (tertiary/aromatic N) is 4. The normalized spacial score (nSPS) is 11.6. The van der Waals surface area contributed by atoms with Crippen LogP contribution >= 0.6 is 0 Å². The second-order valence-corrected chi connectivity index (χ2v) is 8.78. The summed E-state index contributed by atoms with van der Waals surface area (Å²) in [6, 6.07) is 6.12. The van der Waals surface area contributed by atoms with Crippen molar-refractivity contribution in [1.29, 1.82) is 0 Å². The fraction of sp³-hybridized carbons (Fsp3) is 0.235. The van der Waals surface area contributed by atoms with E-state index in [-0.39, 0.29) is 42.0 Å². The molecule has 0 radical (unpaired) electrons. The number of amides is 1. The first kappa shape index (κ1) is 20.4. The van der Waals surface area contributed by atoms with E-state index < -0.39 is 21.0 Å². The molecule has 0 bridgehead atoms. The molecule has 5 N–H and O–H groups in total. The van der Waals surface area contributed by atoms with Crippen molar-refractivity contribution in [2.45, 2.75) is 24.0 Å². The summed E-state index contributed by atoms with van der Waals surface area (Å²) >= 11 is 0. The molecule has 12 heteroatoms. The number of rotatable bonds is 6. The van der Waals surface area contributed by atoms with Gasteiger partial charge in [0.2, 0.25) is 5.91 Å². The van der Waals surface area contributed by atoms with Gasteiger partial charge >= 0.3 is 6.01 Å². The molecule has 11 nitrogen and oxygen atoms in total. The van der Waals surface area contributed by atoms with Crippen LogP contribution < -0.4 is 16.8 Å². The van der Waals surface area contributed by atoms with Crippen LogP contribution in [0.25, 0.3) is 22.8 Å². The van der Waals surface area contributed by atoms with Crippen molar-refractivity contribution in [2.75, 3.05) is 17.6 Å². The number of carbonyl (C=O) groups is 1. The van der Waals surface area contributed by atoms with Crippen molar-refractivity contribution in [3.8, 4) is 22.8 Å². The molecule has 0 fully saturated rings. The second kappa shape index (κ2) is 7.93. The minimum Gasteiger partial charge on any atom is -0.401 e. The average Bonchev–Trinajstić information content (AvgIpc) is 3.16. The maximum atomic E-state index is 12.3. The highest BCUT2D eigenvalue weighted by atomic mass is 32.2. The highest BCUT2D eigenvalue weighted by Crippen LogP contribution is 2.27. The predicted molar refractivity (Wildman–Crippen MR) is 116 cm³/mol. The van der Waals surface area contributed by atoms with Gasteiger partial charge in [0, 0.05) is 12.7 Å². The topological polar surface area (TPSA) is 180 Å². The van der Waals surface area contributed by atoms with E-state index in [2.05, 4.69) is 25.5 Å². The van der Waals surface area contributed by atoms with Crippen LogP contribution in [0.15, 0.2) is 39.8 Å². The Morgan fingerprint density at radius 1 is 1.24 bits per heavy atom. The van der Waals surface area contributed by atoms with Crippen molar-refractivity contribution < 1.29 is 24.8 Å². The Morgan fingerprint density at radius 3 is 2.55 bits per heavy atom. The van der Waals surface area contributed by atoms with Crippen molar-refractivity contribution in [3.63, 3.8) is 0 Å². The van der Waals surface area contributed by atoms with E-state index in [0.717, 1.165) is 0 Å². The Labute approximate surface area is 173 Å². The lowest BCUT2D eigenvalue weighted by atomic mass is 10.1. The van der Waals surface area contributed by atoms with E-state index in [0.29, 0.717) is 11.3 Å². The van der Waals surface area contributed by atoms with Crippen LogP contribution in [0, 0.1) is 0 Å². The SMILES string of the molecule is CC(C)S(=O)(=O)c1ccc(-c2cnc(N)c(-c3nnc(NC(=O)CN)o3)n2)cc1.[HH].[HH].[HH].[HH].[HH]. The van der Waals surface area contributed by atoms with Crippen molar-refractivity contribution in [3.05, 3.63) is 30.5 Å². The molecule has 0 saturated carbocycles. The van der Waals surface area contributed by atoms with Crippen LogP contribution in [-0.4, -0.2) is 46.3 Å². The summed E-state index contributed by atoms with van der Waals surface area (Å²) in [6.07, 6.45) is 1.44. The van der Waals surface area contributed by atoms with Crippen LogP contribution in [0.1, 0.15) is 21.0 Å². The van der Waals surface area contributed by atoms with Crippen LogP contribution in [0.3, 0.4) is 0 Å². The van der Waals surface area contributed by atoms with Crippen molar-refractivity contribution in [2.24, 2.45) is 5.73 Å². The first-order valence-corrected chi connectivity index (χ1v) is 10.1. The summed E-state index contributed by atoms with van der Waals surface area (Å²) in [6.45, 7) is 3.00. The highest BCUT2D eigenvalue weighted by molar-refractivity contribution is 7.92. The van der Waals surface area contributed by atoms with E-state index >= 15 is 0 Å². The number of carbonyl (C=O) groups excluding carboxylic acids is 1. The molecule has 0 atom stereocenters. The number of benzene rings is 1. The zero-order valence-electron chi connectivity index (χ0n) is 15.7. The summed E-state index contributed by atoms with van der Waals surface area (Å²) in [7, 11) is -3.38. The Balaban J connectivity index is -0.00000192. The summed E-state index contributed by atoms with van der Waals surface area (Å²) < 4.78 is 29.8. The Morgan fingerprint density at radius 2 is 1.93 bits per heavy atom. The molecule has 3 aromatic rings. The third kappa shape index (κ3) is 4.22. The van der Waals surface area contributed by atoms with Crippen molar-refractivity contribution >= 4 is 27.6 Å². The summed E-state index contributed by atoms with van der Waals surface area (Å²) in [5, 5.41) is 9.29. The molecule has 0 aliphatic carbocycles. The molecule has 29 heavy (non-hydrogen) atoms. The summed E-state index contributed by atoms with van der Waals surface area (Å²) in [4.78, 5) is 20.0. The van der Waals surface area contributed by atoms with Crippen LogP contribution in [0.2, 0.25) is 0 Å². The fourth-order valence-corrected chi connectivity index (χ4v) is 3.38. The predicted octanol–water partition coefficient (Wildman–Crippen LogP) is 2.09. The molecule has 0 spiro atoms. The molecule has 0 aliphatic heterocycles. The minimum absolute atomic E-state index is 0. The largest absolute Gasteiger partial charge is 0.401 e. The number of anilines is 2. The quantitative estimate of drug-likeness (QED) is 0.527. The third-order valence-corrected chi connectivity index (χ3v) is 6.13. The average molecular weight is 428 g/mol. The molecular formula is C17H29N7O4S. The number of hydrogen-bond acceptors (Lipinski definition) is 10. The van der Waals surface area contributed by atoms with Crippen LogP contribution in [-0.2, 0) is 14.6 Å². The van der Waals surface area contributed by atoms with E-state index in [1.54, 1.807) is 26.0 Å². The van der Waals surface area contributed by atoms with Gasteiger partial charge in [-0.2, -0.15) is 0 Å². The van der Waals surface area contributed by atoms with Gasteiger partial charge in [-0.3, -0.25) is 10.1 Å². The number of hydrogen-bond donors (Lipinski definition) is 3. The number of aromatic nitrogens is 4. The first-order chi connectivity index (χ1) is 13.7. The monoisotopic (exact) mass is 427 g/mol. The number of nitrogens with two attached hydrogens (primary N) is 2. The Bertz CT molecular complexity index is 1160. The maximum Gasteiger partial charge on any atom is 0.322 e. The zero-order valence-corrected chi connectivity index (χ0v) is 16.5. The van der Waals surface area contributed by atoms with E-state index in [1.165, 1.54) is 18.3 Å². The van der Waals surface area contributed by atoms with Crippen LogP contribution in [0.5, 0.6) is 0 Å². The minimum atomic E-state index is -3.38. The van der Waals surface area contributed by atoms with Gasteiger partial charge in [-0.25, -0.2) is 18.4 Å². The molecule has 3 rings (SSSR count). The molecule has 1 aromatic carbocycles.